The van der Waals surface area contributed by atoms with Crippen molar-refractivity contribution in [1.29, 1.82) is 0 Å². The molecule has 1 aromatic rings. The van der Waals surface area contributed by atoms with Crippen LogP contribution in [0.2, 0.25) is 0 Å². The molecule has 1 fully saturated rings. The van der Waals surface area contributed by atoms with Crippen LogP contribution in [-0.4, -0.2) is 34.1 Å². The molecule has 0 saturated heterocycles. The van der Waals surface area contributed by atoms with Crippen molar-refractivity contribution in [2.24, 2.45) is 11.7 Å². The third-order valence-corrected chi connectivity index (χ3v) is 6.97. The van der Waals surface area contributed by atoms with Crippen LogP contribution in [0.25, 0.3) is 0 Å². The van der Waals surface area contributed by atoms with Gasteiger partial charge in [-0.3, -0.25) is 0 Å². The monoisotopic (exact) mass is 382 g/mol. The Balaban J connectivity index is 0.00000264. The van der Waals surface area contributed by atoms with E-state index < -0.39 is 16.0 Å². The normalized spacial score (nSPS) is 16.8. The van der Waals surface area contributed by atoms with Gasteiger partial charge in [0.1, 0.15) is 9.77 Å². The highest BCUT2D eigenvalue weighted by Gasteiger charge is 2.32. The summed E-state index contributed by atoms with van der Waals surface area (Å²) in [5, 5.41) is 1.65. The first kappa shape index (κ1) is 20.4. The molecule has 0 bridgehead atoms. The van der Waals surface area contributed by atoms with Crippen molar-refractivity contribution in [3.8, 4) is 0 Å². The number of hydrogen-bond donors (Lipinski definition) is 2. The van der Waals surface area contributed by atoms with E-state index in [1.54, 1.807) is 12.3 Å². The number of methoxy groups -OCH3 is 1. The van der Waals surface area contributed by atoms with Crippen LogP contribution in [0.5, 0.6) is 0 Å². The summed E-state index contributed by atoms with van der Waals surface area (Å²) in [7, 11) is -2.56. The Hall–Kier alpha value is -0.670. The molecule has 2 rings (SSSR count). The van der Waals surface area contributed by atoms with Crippen LogP contribution in [0.3, 0.4) is 0 Å². The molecule has 0 aromatic carbocycles. The van der Waals surface area contributed by atoms with Crippen molar-refractivity contribution in [3.05, 3.63) is 15.8 Å². The number of carbonyl (C=O) groups is 1. The summed E-state index contributed by atoms with van der Waals surface area (Å²) in [4.78, 5) is 11.9. The zero-order chi connectivity index (χ0) is 16.3. The Morgan fingerprint density at radius 3 is 2.61 bits per heavy atom. The maximum absolute atomic E-state index is 12.7. The van der Waals surface area contributed by atoms with Crippen LogP contribution in [0.15, 0.2) is 10.3 Å². The van der Waals surface area contributed by atoms with Crippen molar-refractivity contribution in [3.63, 3.8) is 0 Å². The number of thiophene rings is 1. The minimum atomic E-state index is -3.80. The standard InChI is InChI=1S/C14H22N2O4S2.ClH/c1-9-8-21-12(14(17)20-2)13(9)22(18,19)16-11(7-15)10-5-3-4-6-10;/h8,10-11,16H,3-7,15H2,1-2H3;1H. The molecular weight excluding hydrogens is 360 g/mol. The lowest BCUT2D eigenvalue weighted by atomic mass is 9.99. The van der Waals surface area contributed by atoms with E-state index in [0.29, 0.717) is 5.56 Å². The van der Waals surface area contributed by atoms with Gasteiger partial charge in [-0.05, 0) is 36.6 Å². The van der Waals surface area contributed by atoms with Gasteiger partial charge in [-0.1, -0.05) is 12.8 Å². The Morgan fingerprint density at radius 1 is 1.48 bits per heavy atom. The summed E-state index contributed by atoms with van der Waals surface area (Å²) in [6.07, 6.45) is 4.18. The molecule has 1 atom stereocenters. The molecule has 1 aromatic heterocycles. The Morgan fingerprint density at radius 2 is 2.09 bits per heavy atom. The summed E-state index contributed by atoms with van der Waals surface area (Å²) in [6.45, 7) is 1.92. The molecule has 0 amide bonds. The Bertz CT molecular complexity index is 639. The number of rotatable bonds is 6. The number of carbonyl (C=O) groups excluding carboxylic acids is 1. The maximum atomic E-state index is 12.7. The third kappa shape index (κ3) is 4.45. The second-order valence-electron chi connectivity index (χ2n) is 5.58. The molecule has 0 spiro atoms. The lowest BCUT2D eigenvalue weighted by Crippen LogP contribution is -2.44. The highest BCUT2D eigenvalue weighted by atomic mass is 35.5. The summed E-state index contributed by atoms with van der Waals surface area (Å²) < 4.78 is 32.8. The van der Waals surface area contributed by atoms with Crippen molar-refractivity contribution in [2.75, 3.05) is 13.7 Å². The van der Waals surface area contributed by atoms with Gasteiger partial charge in [-0.2, -0.15) is 0 Å². The summed E-state index contributed by atoms with van der Waals surface area (Å²) >= 11 is 1.08. The van der Waals surface area contributed by atoms with Crippen LogP contribution in [-0.2, 0) is 14.8 Å². The van der Waals surface area contributed by atoms with Crippen molar-refractivity contribution in [2.45, 2.75) is 43.5 Å². The van der Waals surface area contributed by atoms with Crippen molar-refractivity contribution in [1.82, 2.24) is 4.72 Å². The predicted molar refractivity (Wildman–Crippen MR) is 92.8 cm³/mol. The van der Waals surface area contributed by atoms with E-state index in [2.05, 4.69) is 9.46 Å². The molecule has 1 saturated carbocycles. The minimum absolute atomic E-state index is 0. The molecule has 0 aliphatic heterocycles. The smallest absolute Gasteiger partial charge is 0.349 e. The molecule has 9 heteroatoms. The fourth-order valence-corrected chi connectivity index (χ4v) is 5.98. The first-order valence-electron chi connectivity index (χ1n) is 7.29. The third-order valence-electron chi connectivity index (χ3n) is 4.09. The molecule has 1 unspecified atom stereocenters. The predicted octanol–water partition coefficient (Wildman–Crippen LogP) is 2.06. The molecule has 0 radical (unpaired) electrons. The zero-order valence-corrected chi connectivity index (χ0v) is 15.7. The van der Waals surface area contributed by atoms with E-state index in [1.165, 1.54) is 7.11 Å². The van der Waals surface area contributed by atoms with Gasteiger partial charge < -0.3 is 10.5 Å². The fraction of sp³-hybridized carbons (Fsp3) is 0.643. The number of ether oxygens (including phenoxy) is 1. The van der Waals surface area contributed by atoms with Gasteiger partial charge in [-0.25, -0.2) is 17.9 Å². The van der Waals surface area contributed by atoms with Gasteiger partial charge in [0.05, 0.1) is 7.11 Å². The average Bonchev–Trinajstić information content (AvgIpc) is 3.13. The number of hydrogen-bond acceptors (Lipinski definition) is 6. The number of nitrogens with two attached hydrogens (primary N) is 1. The fourth-order valence-electron chi connectivity index (χ4n) is 2.96. The Kier molecular flexibility index (Phi) is 7.47. The molecule has 132 valence electrons. The van der Waals surface area contributed by atoms with E-state index in [0.717, 1.165) is 37.0 Å². The topological polar surface area (TPSA) is 98.5 Å². The van der Waals surface area contributed by atoms with Crippen LogP contribution in [0, 0.1) is 12.8 Å². The highest BCUT2D eigenvalue weighted by molar-refractivity contribution is 7.89. The van der Waals surface area contributed by atoms with E-state index in [1.807, 2.05) is 0 Å². The van der Waals surface area contributed by atoms with Gasteiger partial charge in [0, 0.05) is 12.6 Å². The second-order valence-corrected chi connectivity index (χ2v) is 8.11. The summed E-state index contributed by atoms with van der Waals surface area (Å²) in [5.74, 6) is -0.371. The van der Waals surface area contributed by atoms with E-state index >= 15 is 0 Å². The number of halogens is 1. The number of nitrogens with one attached hydrogen (secondary N) is 1. The van der Waals surface area contributed by atoms with Gasteiger partial charge in [0.25, 0.3) is 0 Å². The van der Waals surface area contributed by atoms with Gasteiger partial charge in [-0.15, -0.1) is 23.7 Å². The molecule has 6 nitrogen and oxygen atoms in total. The highest BCUT2D eigenvalue weighted by Crippen LogP contribution is 2.31. The quantitative estimate of drug-likeness (QED) is 0.734. The summed E-state index contributed by atoms with van der Waals surface area (Å²) in [5.41, 5.74) is 6.30. The molecule has 1 aliphatic rings. The first-order chi connectivity index (χ1) is 10.4. The van der Waals surface area contributed by atoms with E-state index in [-0.39, 0.29) is 40.7 Å². The van der Waals surface area contributed by atoms with E-state index in [4.69, 9.17) is 5.73 Å². The number of sulfonamides is 1. The van der Waals surface area contributed by atoms with Gasteiger partial charge >= 0.3 is 5.97 Å². The van der Waals surface area contributed by atoms with Crippen LogP contribution >= 0.6 is 23.7 Å². The molecular formula is C14H23ClN2O4S2. The van der Waals surface area contributed by atoms with Gasteiger partial charge in [0.15, 0.2) is 0 Å². The lowest BCUT2D eigenvalue weighted by molar-refractivity contribution is 0.0602. The zero-order valence-electron chi connectivity index (χ0n) is 13.2. The molecule has 23 heavy (non-hydrogen) atoms. The average molecular weight is 383 g/mol. The van der Waals surface area contributed by atoms with Crippen LogP contribution in [0.4, 0.5) is 0 Å². The minimum Gasteiger partial charge on any atom is -0.465 e. The maximum Gasteiger partial charge on any atom is 0.349 e. The second kappa shape index (κ2) is 8.43. The van der Waals surface area contributed by atoms with Crippen LogP contribution in [0.1, 0.15) is 40.9 Å². The van der Waals surface area contributed by atoms with E-state index in [9.17, 15) is 13.2 Å². The Labute approximate surface area is 147 Å². The molecule has 3 N–H and O–H groups in total. The van der Waals surface area contributed by atoms with Crippen LogP contribution < -0.4 is 10.5 Å². The van der Waals surface area contributed by atoms with Crippen molar-refractivity contribution < 1.29 is 17.9 Å². The largest absolute Gasteiger partial charge is 0.465 e. The summed E-state index contributed by atoms with van der Waals surface area (Å²) in [6, 6.07) is -0.294. The number of aryl methyl sites for hydroxylation is 1. The molecule has 1 heterocycles. The molecule has 1 aliphatic carbocycles. The SMILES string of the molecule is COC(=O)c1scc(C)c1S(=O)(=O)NC(CN)C1CCCC1.Cl. The van der Waals surface area contributed by atoms with Gasteiger partial charge in [0.2, 0.25) is 10.0 Å². The lowest BCUT2D eigenvalue weighted by Gasteiger charge is -2.23. The number of esters is 1. The first-order valence-corrected chi connectivity index (χ1v) is 9.65. The van der Waals surface area contributed by atoms with Crippen molar-refractivity contribution >= 4 is 39.7 Å².